The molecule has 0 aliphatic heterocycles. The number of amides is 1. The maximum Gasteiger partial charge on any atom is 0.237 e. The van der Waals surface area contributed by atoms with Gasteiger partial charge in [0, 0.05) is 13.1 Å². The molecule has 1 atom stereocenters. The van der Waals surface area contributed by atoms with Gasteiger partial charge in [-0.25, -0.2) is 13.1 Å². The van der Waals surface area contributed by atoms with Gasteiger partial charge in [0.15, 0.2) is 0 Å². The maximum absolute atomic E-state index is 11.3. The van der Waals surface area contributed by atoms with Crippen molar-refractivity contribution in [3.05, 3.63) is 0 Å². The summed E-state index contributed by atoms with van der Waals surface area (Å²) in [5, 5.41) is 11.2. The van der Waals surface area contributed by atoms with Crippen molar-refractivity contribution in [3.63, 3.8) is 0 Å². The first-order valence-electron chi connectivity index (χ1n) is 5.02. The van der Waals surface area contributed by atoms with E-state index in [1.807, 2.05) is 6.07 Å². The Balaban J connectivity index is 3.68. The molecule has 6 nitrogen and oxygen atoms in total. The molecule has 1 amide bonds. The Hall–Kier alpha value is -1.13. The van der Waals surface area contributed by atoms with Crippen LogP contribution in [0.1, 0.15) is 19.8 Å². The lowest BCUT2D eigenvalue weighted by molar-refractivity contribution is -0.123. The van der Waals surface area contributed by atoms with Crippen LogP contribution in [0, 0.1) is 17.2 Å². The molecule has 0 heterocycles. The third-order valence-electron chi connectivity index (χ3n) is 1.90. The average Bonchev–Trinajstić information content (AvgIpc) is 2.17. The molecule has 0 rings (SSSR count). The standard InChI is InChI=1S/C9H17N3O3S/c1-3-8(7-10)9(13)11-5-4-6-12-16(2,14)15/h8,12H,3-6H2,1-2H3,(H,11,13). The molecule has 0 aliphatic carbocycles. The zero-order chi connectivity index (χ0) is 12.6. The molecule has 1 unspecified atom stereocenters. The van der Waals surface area contributed by atoms with Gasteiger partial charge in [0.2, 0.25) is 15.9 Å². The molecule has 0 saturated heterocycles. The second-order valence-corrected chi connectivity index (χ2v) is 5.23. The minimum Gasteiger partial charge on any atom is -0.355 e. The van der Waals surface area contributed by atoms with E-state index >= 15 is 0 Å². The topological polar surface area (TPSA) is 99.1 Å². The molecular formula is C9H17N3O3S. The number of hydrogen-bond donors (Lipinski definition) is 2. The molecule has 0 aromatic carbocycles. The fourth-order valence-corrected chi connectivity index (χ4v) is 1.53. The van der Waals surface area contributed by atoms with E-state index in [0.717, 1.165) is 6.26 Å². The molecule has 0 aromatic heterocycles. The Morgan fingerprint density at radius 3 is 2.50 bits per heavy atom. The van der Waals surface area contributed by atoms with Gasteiger partial charge in [-0.15, -0.1) is 0 Å². The van der Waals surface area contributed by atoms with Crippen molar-refractivity contribution in [2.75, 3.05) is 19.3 Å². The zero-order valence-corrected chi connectivity index (χ0v) is 10.3. The summed E-state index contributed by atoms with van der Waals surface area (Å²) in [6, 6.07) is 1.89. The Morgan fingerprint density at radius 2 is 2.06 bits per heavy atom. The number of hydrogen-bond acceptors (Lipinski definition) is 4. The summed E-state index contributed by atoms with van der Waals surface area (Å²) in [5.74, 6) is -0.924. The number of nitrogens with one attached hydrogen (secondary N) is 2. The molecule has 0 radical (unpaired) electrons. The zero-order valence-electron chi connectivity index (χ0n) is 9.49. The predicted molar refractivity (Wildman–Crippen MR) is 59.9 cm³/mol. The highest BCUT2D eigenvalue weighted by molar-refractivity contribution is 7.88. The quantitative estimate of drug-likeness (QED) is 0.597. The van der Waals surface area contributed by atoms with Gasteiger partial charge in [-0.3, -0.25) is 4.79 Å². The van der Waals surface area contributed by atoms with Crippen LogP contribution in [0.3, 0.4) is 0 Å². The highest BCUT2D eigenvalue weighted by atomic mass is 32.2. The SMILES string of the molecule is CCC(C#N)C(=O)NCCCNS(C)(=O)=O. The summed E-state index contributed by atoms with van der Waals surface area (Å²) in [6.45, 7) is 2.40. The molecule has 0 saturated carbocycles. The molecule has 0 spiro atoms. The van der Waals surface area contributed by atoms with Crippen LogP contribution in [0.5, 0.6) is 0 Å². The Kier molecular flexibility index (Phi) is 6.69. The Morgan fingerprint density at radius 1 is 1.44 bits per heavy atom. The van der Waals surface area contributed by atoms with Gasteiger partial charge in [0.05, 0.1) is 12.3 Å². The van der Waals surface area contributed by atoms with Gasteiger partial charge < -0.3 is 5.32 Å². The summed E-state index contributed by atoms with van der Waals surface area (Å²) < 4.78 is 23.7. The van der Waals surface area contributed by atoms with Crippen LogP contribution in [-0.2, 0) is 14.8 Å². The molecule has 16 heavy (non-hydrogen) atoms. The van der Waals surface area contributed by atoms with Gasteiger partial charge >= 0.3 is 0 Å². The van der Waals surface area contributed by atoms with E-state index in [1.165, 1.54) is 0 Å². The van der Waals surface area contributed by atoms with Crippen LogP contribution in [0.25, 0.3) is 0 Å². The van der Waals surface area contributed by atoms with Crippen molar-refractivity contribution in [3.8, 4) is 6.07 Å². The first kappa shape index (κ1) is 14.9. The van der Waals surface area contributed by atoms with Crippen LogP contribution < -0.4 is 10.0 Å². The van der Waals surface area contributed by atoms with Crippen molar-refractivity contribution in [2.24, 2.45) is 5.92 Å². The maximum atomic E-state index is 11.3. The van der Waals surface area contributed by atoms with Gasteiger partial charge in [-0.05, 0) is 12.8 Å². The lowest BCUT2D eigenvalue weighted by atomic mass is 10.1. The van der Waals surface area contributed by atoms with Gasteiger partial charge in [0.25, 0.3) is 0 Å². The number of carbonyl (C=O) groups excluding carboxylic acids is 1. The highest BCUT2D eigenvalue weighted by Gasteiger charge is 2.13. The number of rotatable bonds is 7. The smallest absolute Gasteiger partial charge is 0.237 e. The first-order chi connectivity index (χ1) is 7.40. The fourth-order valence-electron chi connectivity index (χ4n) is 1.02. The normalized spacial score (nSPS) is 12.8. The summed E-state index contributed by atoms with van der Waals surface area (Å²) in [7, 11) is -3.17. The second-order valence-electron chi connectivity index (χ2n) is 3.40. The summed E-state index contributed by atoms with van der Waals surface area (Å²) in [5.41, 5.74) is 0. The number of sulfonamides is 1. The summed E-state index contributed by atoms with van der Waals surface area (Å²) in [6.07, 6.45) is 2.05. The van der Waals surface area contributed by atoms with Gasteiger partial charge in [-0.1, -0.05) is 6.92 Å². The molecule has 0 bridgehead atoms. The predicted octanol–water partition coefficient (Wildman–Crippen LogP) is -0.408. The largest absolute Gasteiger partial charge is 0.355 e. The monoisotopic (exact) mass is 247 g/mol. The van der Waals surface area contributed by atoms with Gasteiger partial charge in [-0.2, -0.15) is 5.26 Å². The van der Waals surface area contributed by atoms with E-state index in [9.17, 15) is 13.2 Å². The number of carbonyl (C=O) groups is 1. The lowest BCUT2D eigenvalue weighted by Crippen LogP contribution is -2.32. The molecule has 0 fully saturated rings. The van der Waals surface area contributed by atoms with E-state index < -0.39 is 15.9 Å². The Labute approximate surface area is 96.1 Å². The molecule has 0 aliphatic rings. The molecule has 0 aromatic rings. The van der Waals surface area contributed by atoms with Crippen LogP contribution in [0.2, 0.25) is 0 Å². The average molecular weight is 247 g/mol. The highest BCUT2D eigenvalue weighted by Crippen LogP contribution is 1.99. The third kappa shape index (κ3) is 7.20. The third-order valence-corrected chi connectivity index (χ3v) is 2.63. The summed E-state index contributed by atoms with van der Waals surface area (Å²) >= 11 is 0. The molecular weight excluding hydrogens is 230 g/mol. The number of nitrogens with zero attached hydrogens (tertiary/aromatic N) is 1. The van der Waals surface area contributed by atoms with E-state index in [2.05, 4.69) is 10.0 Å². The van der Waals surface area contributed by atoms with Crippen LogP contribution in [0.4, 0.5) is 0 Å². The van der Waals surface area contributed by atoms with Crippen LogP contribution in [-0.4, -0.2) is 33.7 Å². The van der Waals surface area contributed by atoms with E-state index in [-0.39, 0.29) is 12.5 Å². The minimum absolute atomic E-state index is 0.280. The van der Waals surface area contributed by atoms with Crippen LogP contribution >= 0.6 is 0 Å². The van der Waals surface area contributed by atoms with E-state index in [1.54, 1.807) is 6.92 Å². The van der Waals surface area contributed by atoms with Crippen molar-refractivity contribution in [1.82, 2.24) is 10.0 Å². The first-order valence-corrected chi connectivity index (χ1v) is 6.91. The molecule has 92 valence electrons. The second kappa shape index (κ2) is 7.19. The molecule has 2 N–H and O–H groups in total. The van der Waals surface area contributed by atoms with Crippen molar-refractivity contribution < 1.29 is 13.2 Å². The van der Waals surface area contributed by atoms with Crippen molar-refractivity contribution >= 4 is 15.9 Å². The lowest BCUT2D eigenvalue weighted by Gasteiger charge is -2.07. The minimum atomic E-state index is -3.17. The van der Waals surface area contributed by atoms with E-state index in [0.29, 0.717) is 19.4 Å². The molecule has 7 heteroatoms. The Bertz CT molecular complexity index is 359. The van der Waals surface area contributed by atoms with Gasteiger partial charge in [0.1, 0.15) is 5.92 Å². The van der Waals surface area contributed by atoms with Crippen molar-refractivity contribution in [1.29, 1.82) is 5.26 Å². The van der Waals surface area contributed by atoms with Crippen molar-refractivity contribution in [2.45, 2.75) is 19.8 Å². The summed E-state index contributed by atoms with van der Waals surface area (Å²) in [4.78, 5) is 11.3. The number of nitriles is 1. The van der Waals surface area contributed by atoms with E-state index in [4.69, 9.17) is 5.26 Å². The van der Waals surface area contributed by atoms with Crippen LogP contribution in [0.15, 0.2) is 0 Å². The fraction of sp³-hybridized carbons (Fsp3) is 0.778.